The number of benzene rings is 2. The van der Waals surface area contributed by atoms with E-state index >= 15 is 0 Å². The van der Waals surface area contributed by atoms with Gasteiger partial charge in [0.1, 0.15) is 23.4 Å². The van der Waals surface area contributed by atoms with Gasteiger partial charge < -0.3 is 14.6 Å². The monoisotopic (exact) mass is 374 g/mol. The molecule has 112 valence electrons. The normalized spacial score (nSPS) is 12.1. The van der Waals surface area contributed by atoms with Crippen molar-refractivity contribution in [1.82, 2.24) is 0 Å². The highest BCUT2D eigenvalue weighted by molar-refractivity contribution is 9.10. The summed E-state index contributed by atoms with van der Waals surface area (Å²) in [6.07, 6.45) is -1.01. The fraction of sp³-hybridized carbons (Fsp3) is 0.200. The lowest BCUT2D eigenvalue weighted by atomic mass is 10.0. The SMILES string of the molecule is COc1cc(C(O)c2ccc(F)c(Cl)c2)c(OC)cc1Br. The third-order valence-electron chi connectivity index (χ3n) is 3.06. The van der Waals surface area contributed by atoms with Gasteiger partial charge in [0, 0.05) is 5.56 Å². The average molecular weight is 376 g/mol. The molecule has 1 unspecified atom stereocenters. The molecule has 0 bridgehead atoms. The van der Waals surface area contributed by atoms with Gasteiger partial charge in [0.25, 0.3) is 0 Å². The topological polar surface area (TPSA) is 38.7 Å². The molecule has 2 rings (SSSR count). The third-order valence-corrected chi connectivity index (χ3v) is 3.97. The fourth-order valence-electron chi connectivity index (χ4n) is 1.96. The van der Waals surface area contributed by atoms with Crippen LogP contribution in [0, 0.1) is 5.82 Å². The molecule has 0 aliphatic rings. The van der Waals surface area contributed by atoms with Crippen molar-refractivity contribution in [3.05, 3.63) is 56.8 Å². The third kappa shape index (κ3) is 3.31. The second-order valence-corrected chi connectivity index (χ2v) is 5.57. The van der Waals surface area contributed by atoms with E-state index in [9.17, 15) is 9.50 Å². The number of methoxy groups -OCH3 is 2. The van der Waals surface area contributed by atoms with Crippen molar-refractivity contribution in [2.75, 3.05) is 14.2 Å². The van der Waals surface area contributed by atoms with E-state index in [4.69, 9.17) is 21.1 Å². The Hall–Kier alpha value is -1.30. The Bertz CT molecular complexity index is 664. The molecule has 1 N–H and O–H groups in total. The summed E-state index contributed by atoms with van der Waals surface area (Å²) < 4.78 is 24.4. The predicted molar refractivity (Wildman–Crippen MR) is 82.7 cm³/mol. The summed E-state index contributed by atoms with van der Waals surface area (Å²) in [5.41, 5.74) is 0.962. The van der Waals surface area contributed by atoms with Gasteiger partial charge in [-0.15, -0.1) is 0 Å². The minimum Gasteiger partial charge on any atom is -0.496 e. The van der Waals surface area contributed by atoms with Gasteiger partial charge in [0.2, 0.25) is 0 Å². The molecular weight excluding hydrogens is 363 g/mol. The largest absolute Gasteiger partial charge is 0.496 e. The molecule has 0 amide bonds. The van der Waals surface area contributed by atoms with Crippen LogP contribution in [-0.4, -0.2) is 19.3 Å². The number of hydrogen-bond acceptors (Lipinski definition) is 3. The molecule has 0 heterocycles. The van der Waals surface area contributed by atoms with Crippen LogP contribution in [0.3, 0.4) is 0 Å². The Kier molecular flexibility index (Phi) is 5.08. The second kappa shape index (κ2) is 6.64. The summed E-state index contributed by atoms with van der Waals surface area (Å²) in [4.78, 5) is 0. The van der Waals surface area contributed by atoms with Crippen molar-refractivity contribution < 1.29 is 19.0 Å². The van der Waals surface area contributed by atoms with E-state index in [-0.39, 0.29) is 5.02 Å². The smallest absolute Gasteiger partial charge is 0.141 e. The Morgan fingerprint density at radius 3 is 2.38 bits per heavy atom. The van der Waals surface area contributed by atoms with E-state index in [1.165, 1.54) is 32.4 Å². The van der Waals surface area contributed by atoms with E-state index < -0.39 is 11.9 Å². The lowest BCUT2D eigenvalue weighted by Crippen LogP contribution is -2.04. The van der Waals surface area contributed by atoms with Gasteiger partial charge in [0.05, 0.1) is 23.7 Å². The molecule has 0 saturated heterocycles. The summed E-state index contributed by atoms with van der Waals surface area (Å²) in [6.45, 7) is 0. The summed E-state index contributed by atoms with van der Waals surface area (Å²) in [7, 11) is 3.03. The van der Waals surface area contributed by atoms with Gasteiger partial charge in [0.15, 0.2) is 0 Å². The van der Waals surface area contributed by atoms with Crippen LogP contribution >= 0.6 is 27.5 Å². The highest BCUT2D eigenvalue weighted by Gasteiger charge is 2.19. The van der Waals surface area contributed by atoms with Crippen molar-refractivity contribution in [3.8, 4) is 11.5 Å². The molecule has 0 aromatic heterocycles. The Morgan fingerprint density at radius 2 is 1.81 bits per heavy atom. The van der Waals surface area contributed by atoms with Crippen LogP contribution in [0.15, 0.2) is 34.8 Å². The summed E-state index contributed by atoms with van der Waals surface area (Å²) >= 11 is 9.10. The molecule has 0 saturated carbocycles. The molecule has 2 aromatic rings. The minimum atomic E-state index is -1.01. The first-order valence-corrected chi connectivity index (χ1v) is 7.19. The quantitative estimate of drug-likeness (QED) is 0.864. The van der Waals surface area contributed by atoms with Crippen LogP contribution in [0.5, 0.6) is 11.5 Å². The van der Waals surface area contributed by atoms with E-state index in [0.29, 0.717) is 27.1 Å². The van der Waals surface area contributed by atoms with Gasteiger partial charge >= 0.3 is 0 Å². The standard InChI is InChI=1S/C15H13BrClFO3/c1-20-13-7-10(16)14(21-2)6-9(13)15(19)8-3-4-12(18)11(17)5-8/h3-7,15,19H,1-2H3. The Labute approximate surface area is 135 Å². The zero-order chi connectivity index (χ0) is 15.6. The van der Waals surface area contributed by atoms with Gasteiger partial charge in [-0.05, 0) is 45.8 Å². The molecule has 0 aliphatic heterocycles. The van der Waals surface area contributed by atoms with Gasteiger partial charge in [-0.3, -0.25) is 0 Å². The molecule has 0 radical (unpaired) electrons. The van der Waals surface area contributed by atoms with E-state index in [2.05, 4.69) is 15.9 Å². The minimum absolute atomic E-state index is 0.0467. The highest BCUT2D eigenvalue weighted by atomic mass is 79.9. The number of aliphatic hydroxyl groups is 1. The van der Waals surface area contributed by atoms with E-state index in [0.717, 1.165) is 0 Å². The van der Waals surface area contributed by atoms with Crippen molar-refractivity contribution in [1.29, 1.82) is 0 Å². The molecule has 3 nitrogen and oxygen atoms in total. The maximum absolute atomic E-state index is 13.2. The number of hydrogen-bond donors (Lipinski definition) is 1. The zero-order valence-corrected chi connectivity index (χ0v) is 13.7. The Morgan fingerprint density at radius 1 is 1.14 bits per heavy atom. The van der Waals surface area contributed by atoms with Crippen LogP contribution in [0.1, 0.15) is 17.2 Å². The summed E-state index contributed by atoms with van der Waals surface area (Å²) in [6, 6.07) is 7.42. The Balaban J connectivity index is 2.50. The van der Waals surface area contributed by atoms with E-state index in [1.807, 2.05) is 0 Å². The number of ether oxygens (including phenoxy) is 2. The van der Waals surface area contributed by atoms with E-state index in [1.54, 1.807) is 12.1 Å². The summed E-state index contributed by atoms with van der Waals surface area (Å²) in [5.74, 6) is 0.502. The molecule has 1 atom stereocenters. The zero-order valence-electron chi connectivity index (χ0n) is 11.4. The number of aliphatic hydroxyl groups excluding tert-OH is 1. The van der Waals surface area contributed by atoms with Crippen LogP contribution in [0.4, 0.5) is 4.39 Å². The predicted octanol–water partition coefficient (Wildman–Crippen LogP) is 4.34. The van der Waals surface area contributed by atoms with Gasteiger partial charge in [-0.2, -0.15) is 0 Å². The average Bonchev–Trinajstić information content (AvgIpc) is 2.49. The van der Waals surface area contributed by atoms with Crippen LogP contribution < -0.4 is 9.47 Å². The molecule has 6 heteroatoms. The number of halogens is 3. The molecule has 0 spiro atoms. The van der Waals surface area contributed by atoms with Crippen LogP contribution in [0.2, 0.25) is 5.02 Å². The molecule has 0 fully saturated rings. The highest BCUT2D eigenvalue weighted by Crippen LogP contribution is 2.38. The second-order valence-electron chi connectivity index (χ2n) is 4.30. The number of rotatable bonds is 4. The van der Waals surface area contributed by atoms with Gasteiger partial charge in [-0.25, -0.2) is 4.39 Å². The van der Waals surface area contributed by atoms with Crippen molar-refractivity contribution >= 4 is 27.5 Å². The van der Waals surface area contributed by atoms with Gasteiger partial charge in [-0.1, -0.05) is 17.7 Å². The first-order valence-electron chi connectivity index (χ1n) is 6.02. The lowest BCUT2D eigenvalue weighted by Gasteiger charge is -2.17. The first-order chi connectivity index (χ1) is 9.97. The lowest BCUT2D eigenvalue weighted by molar-refractivity contribution is 0.214. The van der Waals surface area contributed by atoms with Crippen LogP contribution in [-0.2, 0) is 0 Å². The van der Waals surface area contributed by atoms with Crippen molar-refractivity contribution in [2.45, 2.75) is 6.10 Å². The summed E-state index contributed by atoms with van der Waals surface area (Å²) in [5, 5.41) is 10.5. The first kappa shape index (κ1) is 16.1. The van der Waals surface area contributed by atoms with Crippen LogP contribution in [0.25, 0.3) is 0 Å². The van der Waals surface area contributed by atoms with Crippen molar-refractivity contribution in [2.24, 2.45) is 0 Å². The fourth-order valence-corrected chi connectivity index (χ4v) is 2.63. The molecular formula is C15H13BrClFO3. The molecule has 21 heavy (non-hydrogen) atoms. The maximum Gasteiger partial charge on any atom is 0.141 e. The molecule has 2 aromatic carbocycles. The van der Waals surface area contributed by atoms with Crippen molar-refractivity contribution in [3.63, 3.8) is 0 Å². The maximum atomic E-state index is 13.2. The molecule has 0 aliphatic carbocycles.